The molecule has 2 atom stereocenters. The van der Waals surface area contributed by atoms with Crippen LogP contribution in [0, 0.1) is 5.92 Å². The summed E-state index contributed by atoms with van der Waals surface area (Å²) in [5.41, 5.74) is 0. The van der Waals surface area contributed by atoms with Crippen molar-refractivity contribution in [3.63, 3.8) is 0 Å². The second-order valence-electron chi connectivity index (χ2n) is 3.37. The van der Waals surface area contributed by atoms with Gasteiger partial charge in [0, 0.05) is 6.04 Å². The third kappa shape index (κ3) is 1.72. The molecule has 1 saturated carbocycles. The van der Waals surface area contributed by atoms with Crippen LogP contribution in [0.1, 0.15) is 39.0 Å². The monoisotopic (exact) mass is 141 g/mol. The molecular formula is C9H19N. The van der Waals surface area contributed by atoms with E-state index in [0.29, 0.717) is 0 Å². The minimum atomic E-state index is 0.833. The Morgan fingerprint density at radius 2 is 2.20 bits per heavy atom. The van der Waals surface area contributed by atoms with E-state index in [1.54, 1.807) is 0 Å². The predicted molar refractivity (Wildman–Crippen MR) is 45.1 cm³/mol. The van der Waals surface area contributed by atoms with E-state index < -0.39 is 0 Å². The first-order valence-corrected chi connectivity index (χ1v) is 4.55. The molecule has 0 bridgehead atoms. The summed E-state index contributed by atoms with van der Waals surface area (Å²) in [6, 6.07) is 0.833. The van der Waals surface area contributed by atoms with Crippen molar-refractivity contribution in [3.05, 3.63) is 0 Å². The molecule has 0 unspecified atom stereocenters. The normalized spacial score (nSPS) is 33.0. The molecule has 0 spiro atoms. The van der Waals surface area contributed by atoms with Crippen molar-refractivity contribution in [2.45, 2.75) is 45.1 Å². The van der Waals surface area contributed by atoms with Crippen molar-refractivity contribution in [1.29, 1.82) is 0 Å². The molecule has 0 aromatic carbocycles. The Hall–Kier alpha value is -0.0400. The van der Waals surface area contributed by atoms with Gasteiger partial charge in [0.05, 0.1) is 0 Å². The molecule has 1 aliphatic rings. The molecule has 0 aromatic rings. The number of hydrogen-bond donors (Lipinski definition) is 1. The summed E-state index contributed by atoms with van der Waals surface area (Å²) in [6.07, 6.45) is 7.07. The summed E-state index contributed by atoms with van der Waals surface area (Å²) >= 11 is 0. The van der Waals surface area contributed by atoms with Crippen LogP contribution >= 0.6 is 0 Å². The Labute approximate surface area is 64.2 Å². The third-order valence-electron chi connectivity index (χ3n) is 2.69. The molecule has 0 amide bonds. The largest absolute Gasteiger partial charge is 0.317 e. The van der Waals surface area contributed by atoms with Crippen LogP contribution in [0.5, 0.6) is 0 Å². The van der Waals surface area contributed by atoms with Crippen molar-refractivity contribution in [2.24, 2.45) is 5.92 Å². The van der Waals surface area contributed by atoms with Gasteiger partial charge < -0.3 is 5.32 Å². The smallest absolute Gasteiger partial charge is 0.00923 e. The zero-order valence-electron chi connectivity index (χ0n) is 7.19. The maximum absolute atomic E-state index is 3.40. The van der Waals surface area contributed by atoms with E-state index in [0.717, 1.165) is 12.0 Å². The number of hydrogen-bond acceptors (Lipinski definition) is 1. The maximum atomic E-state index is 3.40. The average molecular weight is 141 g/mol. The van der Waals surface area contributed by atoms with Gasteiger partial charge in [-0.1, -0.05) is 19.8 Å². The third-order valence-corrected chi connectivity index (χ3v) is 2.69. The van der Waals surface area contributed by atoms with E-state index in [2.05, 4.69) is 19.3 Å². The average Bonchev–Trinajstić information content (AvgIpc) is 2.36. The van der Waals surface area contributed by atoms with Crippen LogP contribution in [-0.2, 0) is 0 Å². The molecule has 1 nitrogen and oxygen atoms in total. The van der Waals surface area contributed by atoms with Gasteiger partial charge in [0.1, 0.15) is 0 Å². The lowest BCUT2D eigenvalue weighted by Crippen LogP contribution is -2.28. The van der Waals surface area contributed by atoms with E-state index in [-0.39, 0.29) is 0 Å². The van der Waals surface area contributed by atoms with Gasteiger partial charge >= 0.3 is 0 Å². The van der Waals surface area contributed by atoms with E-state index in [1.165, 1.54) is 32.1 Å². The summed E-state index contributed by atoms with van der Waals surface area (Å²) in [7, 11) is 2.10. The first kappa shape index (κ1) is 8.06. The molecule has 0 radical (unpaired) electrons. The first-order valence-electron chi connectivity index (χ1n) is 4.55. The molecule has 1 fully saturated rings. The topological polar surface area (TPSA) is 12.0 Å². The van der Waals surface area contributed by atoms with Gasteiger partial charge in [0.15, 0.2) is 0 Å². The van der Waals surface area contributed by atoms with Crippen LogP contribution in [-0.4, -0.2) is 13.1 Å². The predicted octanol–water partition coefficient (Wildman–Crippen LogP) is 2.17. The zero-order chi connectivity index (χ0) is 7.40. The highest BCUT2D eigenvalue weighted by Gasteiger charge is 2.24. The molecule has 0 heterocycles. The van der Waals surface area contributed by atoms with E-state index in [1.807, 2.05) is 0 Å². The second-order valence-corrected chi connectivity index (χ2v) is 3.37. The van der Waals surface area contributed by atoms with Gasteiger partial charge in [-0.05, 0) is 32.2 Å². The lowest BCUT2D eigenvalue weighted by Gasteiger charge is -2.17. The molecule has 1 aliphatic carbocycles. The van der Waals surface area contributed by atoms with Gasteiger partial charge in [-0.2, -0.15) is 0 Å². The minimum absolute atomic E-state index is 0.833. The highest BCUT2D eigenvalue weighted by atomic mass is 14.9. The van der Waals surface area contributed by atoms with Gasteiger partial charge in [-0.15, -0.1) is 0 Å². The van der Waals surface area contributed by atoms with Gasteiger partial charge in [-0.25, -0.2) is 0 Å². The Bertz CT molecular complexity index is 90.7. The molecule has 0 aromatic heterocycles. The highest BCUT2D eigenvalue weighted by Crippen LogP contribution is 2.28. The summed E-state index contributed by atoms with van der Waals surface area (Å²) < 4.78 is 0. The molecular weight excluding hydrogens is 122 g/mol. The molecule has 0 aliphatic heterocycles. The van der Waals surface area contributed by atoms with Crippen LogP contribution in [0.2, 0.25) is 0 Å². The van der Waals surface area contributed by atoms with Crippen LogP contribution in [0.25, 0.3) is 0 Å². The van der Waals surface area contributed by atoms with Crippen molar-refractivity contribution < 1.29 is 0 Å². The Morgan fingerprint density at radius 3 is 2.80 bits per heavy atom. The Kier molecular flexibility index (Phi) is 3.20. The molecule has 0 saturated heterocycles. The number of nitrogens with one attached hydrogen (secondary N) is 1. The highest BCUT2D eigenvalue weighted by molar-refractivity contribution is 4.81. The molecule has 1 rings (SSSR count). The van der Waals surface area contributed by atoms with Crippen molar-refractivity contribution in [1.82, 2.24) is 5.32 Å². The molecule has 60 valence electrons. The zero-order valence-corrected chi connectivity index (χ0v) is 7.19. The van der Waals surface area contributed by atoms with Crippen LogP contribution in [0.3, 0.4) is 0 Å². The fourth-order valence-electron chi connectivity index (χ4n) is 2.13. The van der Waals surface area contributed by atoms with Crippen molar-refractivity contribution in [2.75, 3.05) is 7.05 Å². The van der Waals surface area contributed by atoms with Gasteiger partial charge in [0.2, 0.25) is 0 Å². The fourth-order valence-corrected chi connectivity index (χ4v) is 2.13. The summed E-state index contributed by atoms with van der Waals surface area (Å²) in [4.78, 5) is 0. The summed E-state index contributed by atoms with van der Waals surface area (Å²) in [5, 5.41) is 3.40. The van der Waals surface area contributed by atoms with Crippen LogP contribution in [0.15, 0.2) is 0 Å². The van der Waals surface area contributed by atoms with Crippen molar-refractivity contribution in [3.8, 4) is 0 Å². The molecule has 10 heavy (non-hydrogen) atoms. The lowest BCUT2D eigenvalue weighted by molar-refractivity contribution is 0.397. The Morgan fingerprint density at radius 1 is 1.40 bits per heavy atom. The second kappa shape index (κ2) is 3.97. The summed E-state index contributed by atoms with van der Waals surface area (Å²) in [6.45, 7) is 2.28. The Balaban J connectivity index is 2.27. The maximum Gasteiger partial charge on any atom is 0.00923 e. The minimum Gasteiger partial charge on any atom is -0.317 e. The van der Waals surface area contributed by atoms with E-state index in [4.69, 9.17) is 0 Å². The van der Waals surface area contributed by atoms with Gasteiger partial charge in [0.25, 0.3) is 0 Å². The SMILES string of the molecule is CCC[C@@H]1CCC[C@H]1NC. The van der Waals surface area contributed by atoms with Crippen molar-refractivity contribution >= 4 is 0 Å². The van der Waals surface area contributed by atoms with E-state index in [9.17, 15) is 0 Å². The van der Waals surface area contributed by atoms with Gasteiger partial charge in [-0.3, -0.25) is 0 Å². The lowest BCUT2D eigenvalue weighted by atomic mass is 9.98. The fraction of sp³-hybridized carbons (Fsp3) is 1.00. The quantitative estimate of drug-likeness (QED) is 0.635. The first-order chi connectivity index (χ1) is 4.88. The number of rotatable bonds is 3. The summed E-state index contributed by atoms with van der Waals surface area (Å²) in [5.74, 6) is 0.981. The molecule has 1 heteroatoms. The van der Waals surface area contributed by atoms with E-state index >= 15 is 0 Å². The van der Waals surface area contributed by atoms with Crippen LogP contribution in [0.4, 0.5) is 0 Å². The van der Waals surface area contributed by atoms with Crippen LogP contribution < -0.4 is 5.32 Å². The molecule has 1 N–H and O–H groups in total. The standard InChI is InChI=1S/C9H19N/c1-3-5-8-6-4-7-9(8)10-2/h8-10H,3-7H2,1-2H3/t8-,9-/m1/s1.